The summed E-state index contributed by atoms with van der Waals surface area (Å²) in [6.07, 6.45) is 63.4. The smallest absolute Gasteiger partial charge is 0.305 e. The Hall–Kier alpha value is -1.40. The van der Waals surface area contributed by atoms with Crippen LogP contribution < -0.4 is 5.32 Å². The zero-order chi connectivity index (χ0) is 46.5. The first-order valence-corrected chi connectivity index (χ1v) is 28.9. The summed E-state index contributed by atoms with van der Waals surface area (Å²) in [4.78, 5) is 24.6. The highest BCUT2D eigenvalue weighted by Gasteiger charge is 2.20. The molecule has 0 fully saturated rings. The topological polar surface area (TPSA) is 95.9 Å². The van der Waals surface area contributed by atoms with E-state index in [0.717, 1.165) is 57.8 Å². The van der Waals surface area contributed by atoms with Crippen LogP contribution >= 0.6 is 0 Å². The average molecular weight is 905 g/mol. The summed E-state index contributed by atoms with van der Waals surface area (Å²) in [7, 11) is 0. The molecule has 0 aromatic carbocycles. The van der Waals surface area contributed by atoms with Crippen LogP contribution in [0.4, 0.5) is 0 Å². The van der Waals surface area contributed by atoms with Crippen LogP contribution in [0.15, 0.2) is 12.2 Å². The van der Waals surface area contributed by atoms with Crippen LogP contribution in [0.25, 0.3) is 0 Å². The summed E-state index contributed by atoms with van der Waals surface area (Å²) in [5, 5.41) is 23.3. The highest BCUT2D eigenvalue weighted by molar-refractivity contribution is 5.76. The quantitative estimate of drug-likeness (QED) is 0.0321. The SMILES string of the molecule is CCCCCCCC/C=C\CCCCCCCCCCCC(=O)OCCCCCCCCCCCCCCC(=O)NC(CO)C(O)CCCCCCCCCCCCCCCCCC. The molecule has 0 saturated carbocycles. The summed E-state index contributed by atoms with van der Waals surface area (Å²) < 4.78 is 5.48. The Labute approximate surface area is 399 Å². The summed E-state index contributed by atoms with van der Waals surface area (Å²) in [6.45, 7) is 4.94. The van der Waals surface area contributed by atoms with Gasteiger partial charge in [-0.1, -0.05) is 270 Å². The fraction of sp³-hybridized carbons (Fsp3) is 0.931. The fourth-order valence-electron chi connectivity index (χ4n) is 9.11. The third-order valence-electron chi connectivity index (χ3n) is 13.6. The number of esters is 1. The summed E-state index contributed by atoms with van der Waals surface area (Å²) in [5.41, 5.74) is 0. The van der Waals surface area contributed by atoms with Gasteiger partial charge in [-0.25, -0.2) is 0 Å². The van der Waals surface area contributed by atoms with Gasteiger partial charge in [-0.05, 0) is 51.4 Å². The highest BCUT2D eigenvalue weighted by atomic mass is 16.5. The summed E-state index contributed by atoms with van der Waals surface area (Å²) >= 11 is 0. The van der Waals surface area contributed by atoms with E-state index in [0.29, 0.717) is 25.9 Å². The van der Waals surface area contributed by atoms with E-state index in [2.05, 4.69) is 31.3 Å². The first-order valence-electron chi connectivity index (χ1n) is 28.9. The monoisotopic (exact) mass is 904 g/mol. The molecule has 0 aliphatic carbocycles. The van der Waals surface area contributed by atoms with Crippen LogP contribution in [-0.4, -0.2) is 47.4 Å². The molecule has 0 heterocycles. The molecule has 2 unspecified atom stereocenters. The molecule has 0 aliphatic rings. The number of ether oxygens (including phenoxy) is 1. The Balaban J connectivity index is 3.43. The Bertz CT molecular complexity index is 955. The first-order chi connectivity index (χ1) is 31.5. The molecule has 0 aromatic rings. The zero-order valence-corrected chi connectivity index (χ0v) is 43.3. The third-order valence-corrected chi connectivity index (χ3v) is 13.6. The van der Waals surface area contributed by atoms with Crippen molar-refractivity contribution in [3.63, 3.8) is 0 Å². The van der Waals surface area contributed by atoms with E-state index in [1.54, 1.807) is 0 Å². The average Bonchev–Trinajstić information content (AvgIpc) is 3.29. The van der Waals surface area contributed by atoms with Crippen molar-refractivity contribution in [2.75, 3.05) is 13.2 Å². The molecule has 0 rings (SSSR count). The molecular weight excluding hydrogens is 791 g/mol. The van der Waals surface area contributed by atoms with Gasteiger partial charge in [-0.3, -0.25) is 9.59 Å². The van der Waals surface area contributed by atoms with E-state index in [1.165, 1.54) is 231 Å². The van der Waals surface area contributed by atoms with Gasteiger partial charge in [0, 0.05) is 12.8 Å². The minimum Gasteiger partial charge on any atom is -0.466 e. The van der Waals surface area contributed by atoms with Gasteiger partial charge in [-0.2, -0.15) is 0 Å². The third kappa shape index (κ3) is 50.0. The molecule has 6 heteroatoms. The Morgan fingerprint density at radius 3 is 1.11 bits per heavy atom. The van der Waals surface area contributed by atoms with Gasteiger partial charge in [-0.15, -0.1) is 0 Å². The van der Waals surface area contributed by atoms with Gasteiger partial charge in [0.25, 0.3) is 0 Å². The maximum Gasteiger partial charge on any atom is 0.305 e. The molecule has 0 spiro atoms. The molecule has 0 saturated heterocycles. The number of nitrogens with one attached hydrogen (secondary N) is 1. The van der Waals surface area contributed by atoms with Gasteiger partial charge in [0.05, 0.1) is 25.4 Å². The number of allylic oxidation sites excluding steroid dienone is 2. The van der Waals surface area contributed by atoms with E-state index in [-0.39, 0.29) is 18.5 Å². The van der Waals surface area contributed by atoms with Crippen molar-refractivity contribution < 1.29 is 24.5 Å². The molecule has 2 atom stereocenters. The fourth-order valence-corrected chi connectivity index (χ4v) is 9.11. The number of rotatable bonds is 54. The largest absolute Gasteiger partial charge is 0.466 e. The Morgan fingerprint density at radius 1 is 0.422 bits per heavy atom. The molecule has 0 aliphatic heterocycles. The van der Waals surface area contributed by atoms with Crippen molar-refractivity contribution >= 4 is 11.9 Å². The van der Waals surface area contributed by atoms with Crippen molar-refractivity contribution in [3.8, 4) is 0 Å². The van der Waals surface area contributed by atoms with Crippen LogP contribution in [0.3, 0.4) is 0 Å². The summed E-state index contributed by atoms with van der Waals surface area (Å²) in [6, 6.07) is -0.552. The molecule has 0 bridgehead atoms. The van der Waals surface area contributed by atoms with Crippen molar-refractivity contribution in [3.05, 3.63) is 12.2 Å². The zero-order valence-electron chi connectivity index (χ0n) is 43.3. The molecule has 3 N–H and O–H groups in total. The van der Waals surface area contributed by atoms with Crippen LogP contribution in [0.1, 0.15) is 322 Å². The van der Waals surface area contributed by atoms with Gasteiger partial charge in [0.1, 0.15) is 0 Å². The summed E-state index contributed by atoms with van der Waals surface area (Å²) in [5.74, 6) is -0.0569. The van der Waals surface area contributed by atoms with Crippen molar-refractivity contribution in [2.45, 2.75) is 334 Å². The Morgan fingerprint density at radius 2 is 0.734 bits per heavy atom. The maximum atomic E-state index is 12.5. The molecule has 64 heavy (non-hydrogen) atoms. The standard InChI is InChI=1S/C58H113NO5/c1-3-5-7-9-11-13-15-17-19-21-22-23-25-27-32-36-40-44-48-52-58(63)64-53-49-45-41-37-33-29-28-31-35-39-43-47-51-57(62)59-55(54-60)56(61)50-46-42-38-34-30-26-24-20-18-16-14-12-10-8-6-4-2/h17,19,55-56,60-61H,3-16,18,20-54H2,1-2H3,(H,59,62)/b19-17-. The lowest BCUT2D eigenvalue weighted by Crippen LogP contribution is -2.45. The molecule has 0 aromatic heterocycles. The second-order valence-corrected chi connectivity index (χ2v) is 20.0. The van der Waals surface area contributed by atoms with Crippen molar-refractivity contribution in [1.29, 1.82) is 0 Å². The van der Waals surface area contributed by atoms with Crippen LogP contribution in [-0.2, 0) is 14.3 Å². The van der Waals surface area contributed by atoms with Gasteiger partial charge >= 0.3 is 5.97 Å². The van der Waals surface area contributed by atoms with Crippen molar-refractivity contribution in [1.82, 2.24) is 5.32 Å². The first kappa shape index (κ1) is 62.6. The Kier molecular flexibility index (Phi) is 53.0. The lowest BCUT2D eigenvalue weighted by atomic mass is 10.0. The predicted octanol–water partition coefficient (Wildman–Crippen LogP) is 17.7. The molecule has 6 nitrogen and oxygen atoms in total. The number of carbonyl (C=O) groups excluding carboxylic acids is 2. The van der Waals surface area contributed by atoms with Crippen LogP contribution in [0, 0.1) is 0 Å². The second kappa shape index (κ2) is 54.2. The van der Waals surface area contributed by atoms with E-state index in [1.807, 2.05) is 0 Å². The highest BCUT2D eigenvalue weighted by Crippen LogP contribution is 2.17. The van der Waals surface area contributed by atoms with Crippen LogP contribution in [0.2, 0.25) is 0 Å². The minimum atomic E-state index is -0.674. The molecular formula is C58H113NO5. The second-order valence-electron chi connectivity index (χ2n) is 20.0. The molecule has 1 amide bonds. The molecule has 0 radical (unpaired) electrons. The van der Waals surface area contributed by atoms with E-state index in [9.17, 15) is 19.8 Å². The molecule has 380 valence electrons. The minimum absolute atomic E-state index is 0.00879. The van der Waals surface area contributed by atoms with Gasteiger partial charge in [0.2, 0.25) is 5.91 Å². The number of hydrogen-bond donors (Lipinski definition) is 3. The van der Waals surface area contributed by atoms with Gasteiger partial charge < -0.3 is 20.3 Å². The van der Waals surface area contributed by atoms with Gasteiger partial charge in [0.15, 0.2) is 0 Å². The normalized spacial score (nSPS) is 12.6. The number of hydrogen-bond acceptors (Lipinski definition) is 5. The lowest BCUT2D eigenvalue weighted by molar-refractivity contribution is -0.143. The van der Waals surface area contributed by atoms with E-state index >= 15 is 0 Å². The number of aliphatic hydroxyl groups is 2. The van der Waals surface area contributed by atoms with Crippen molar-refractivity contribution in [2.24, 2.45) is 0 Å². The van der Waals surface area contributed by atoms with E-state index in [4.69, 9.17) is 4.74 Å². The maximum absolute atomic E-state index is 12.5. The van der Waals surface area contributed by atoms with E-state index < -0.39 is 12.1 Å². The van der Waals surface area contributed by atoms with Crippen LogP contribution in [0.5, 0.6) is 0 Å². The number of aliphatic hydroxyl groups excluding tert-OH is 2. The lowest BCUT2D eigenvalue weighted by Gasteiger charge is -2.22. The number of amides is 1. The number of carbonyl (C=O) groups is 2. The predicted molar refractivity (Wildman–Crippen MR) is 278 cm³/mol. The number of unbranched alkanes of at least 4 members (excludes halogenated alkanes) is 41.